The van der Waals surface area contributed by atoms with E-state index in [2.05, 4.69) is 21.2 Å². The summed E-state index contributed by atoms with van der Waals surface area (Å²) < 4.78 is 0.977. The molecule has 0 bridgehead atoms. The number of carbonyl (C=O) groups is 1. The fraction of sp³-hybridized carbons (Fsp3) is 0.364. The van der Waals surface area contributed by atoms with Crippen LogP contribution in [-0.2, 0) is 4.79 Å². The second-order valence-electron chi connectivity index (χ2n) is 3.44. The zero-order valence-electron chi connectivity index (χ0n) is 8.88. The molecule has 1 unspecified atom stereocenters. The molecule has 0 aliphatic carbocycles. The standard InChI is InChI=1S/C11H15BrN2O/c1-3-8(11(13)15)14-9-6-4-5-7(2)10(9)12/h4-6,8,14H,3H2,1-2H3,(H2,13,15). The summed E-state index contributed by atoms with van der Waals surface area (Å²) in [5.74, 6) is -0.328. The Balaban J connectivity index is 2.88. The number of aryl methyl sites for hydroxylation is 1. The van der Waals surface area contributed by atoms with Crippen LogP contribution in [0.4, 0.5) is 5.69 Å². The summed E-state index contributed by atoms with van der Waals surface area (Å²) in [7, 11) is 0. The highest BCUT2D eigenvalue weighted by molar-refractivity contribution is 9.10. The van der Waals surface area contributed by atoms with Crippen LogP contribution in [0.1, 0.15) is 18.9 Å². The SMILES string of the molecule is CCC(Nc1cccc(C)c1Br)C(N)=O. The fourth-order valence-electron chi connectivity index (χ4n) is 1.32. The third-order valence-electron chi connectivity index (χ3n) is 2.27. The highest BCUT2D eigenvalue weighted by Crippen LogP contribution is 2.26. The van der Waals surface area contributed by atoms with E-state index >= 15 is 0 Å². The van der Waals surface area contributed by atoms with Gasteiger partial charge in [0.25, 0.3) is 0 Å². The smallest absolute Gasteiger partial charge is 0.239 e. The number of anilines is 1. The minimum atomic E-state index is -0.328. The number of primary amides is 1. The molecule has 1 aromatic rings. The average Bonchev–Trinajstić information content (AvgIpc) is 2.19. The Hall–Kier alpha value is -1.03. The largest absolute Gasteiger partial charge is 0.373 e. The highest BCUT2D eigenvalue weighted by Gasteiger charge is 2.13. The van der Waals surface area contributed by atoms with Crippen molar-refractivity contribution in [2.45, 2.75) is 26.3 Å². The first kappa shape index (κ1) is 12.0. The van der Waals surface area contributed by atoms with Crippen LogP contribution in [0.2, 0.25) is 0 Å². The van der Waals surface area contributed by atoms with E-state index in [-0.39, 0.29) is 11.9 Å². The maximum atomic E-state index is 11.1. The monoisotopic (exact) mass is 270 g/mol. The second-order valence-corrected chi connectivity index (χ2v) is 4.24. The fourth-order valence-corrected chi connectivity index (χ4v) is 1.70. The van der Waals surface area contributed by atoms with Crippen molar-refractivity contribution < 1.29 is 4.79 Å². The molecule has 0 saturated heterocycles. The number of nitrogens with one attached hydrogen (secondary N) is 1. The van der Waals surface area contributed by atoms with Gasteiger partial charge in [0.2, 0.25) is 5.91 Å². The predicted molar refractivity (Wildman–Crippen MR) is 65.8 cm³/mol. The van der Waals surface area contributed by atoms with E-state index in [0.717, 1.165) is 15.7 Å². The van der Waals surface area contributed by atoms with E-state index in [0.29, 0.717) is 6.42 Å². The van der Waals surface area contributed by atoms with Gasteiger partial charge in [-0.2, -0.15) is 0 Å². The molecule has 0 aliphatic heterocycles. The van der Waals surface area contributed by atoms with Crippen LogP contribution in [0.5, 0.6) is 0 Å². The molecular weight excluding hydrogens is 256 g/mol. The number of hydrogen-bond donors (Lipinski definition) is 2. The van der Waals surface area contributed by atoms with Crippen molar-refractivity contribution in [3.8, 4) is 0 Å². The Labute approximate surface area is 98.2 Å². The average molecular weight is 271 g/mol. The maximum absolute atomic E-state index is 11.1. The first-order valence-corrected chi connectivity index (χ1v) is 5.66. The Morgan fingerprint density at radius 2 is 2.27 bits per heavy atom. The summed E-state index contributed by atoms with van der Waals surface area (Å²) in [5.41, 5.74) is 7.29. The molecule has 0 heterocycles. The minimum absolute atomic E-state index is 0.317. The number of benzene rings is 1. The van der Waals surface area contributed by atoms with E-state index in [1.807, 2.05) is 32.0 Å². The van der Waals surface area contributed by atoms with Crippen molar-refractivity contribution in [1.29, 1.82) is 0 Å². The lowest BCUT2D eigenvalue weighted by molar-refractivity contribution is -0.118. The number of rotatable bonds is 4. The molecule has 0 aliphatic rings. The van der Waals surface area contributed by atoms with Crippen LogP contribution in [0, 0.1) is 6.92 Å². The Morgan fingerprint density at radius 3 is 2.80 bits per heavy atom. The summed E-state index contributed by atoms with van der Waals surface area (Å²) in [6.07, 6.45) is 0.676. The third kappa shape index (κ3) is 2.96. The van der Waals surface area contributed by atoms with Gasteiger partial charge >= 0.3 is 0 Å². The molecule has 1 amide bonds. The van der Waals surface area contributed by atoms with E-state index < -0.39 is 0 Å². The number of amides is 1. The predicted octanol–water partition coefficient (Wildman–Crippen LogP) is 2.43. The highest BCUT2D eigenvalue weighted by atomic mass is 79.9. The molecule has 4 heteroatoms. The third-order valence-corrected chi connectivity index (χ3v) is 3.33. The van der Waals surface area contributed by atoms with Gasteiger partial charge in [-0.1, -0.05) is 19.1 Å². The second kappa shape index (κ2) is 5.16. The zero-order chi connectivity index (χ0) is 11.4. The van der Waals surface area contributed by atoms with Gasteiger partial charge in [-0.25, -0.2) is 0 Å². The van der Waals surface area contributed by atoms with Crippen LogP contribution in [0.3, 0.4) is 0 Å². The Morgan fingerprint density at radius 1 is 1.60 bits per heavy atom. The number of hydrogen-bond acceptors (Lipinski definition) is 2. The molecule has 3 N–H and O–H groups in total. The zero-order valence-corrected chi connectivity index (χ0v) is 10.5. The lowest BCUT2D eigenvalue weighted by Crippen LogP contribution is -2.34. The molecule has 0 fully saturated rings. The molecular formula is C11H15BrN2O. The number of halogens is 1. The Kier molecular flexibility index (Phi) is 4.15. The van der Waals surface area contributed by atoms with Crippen LogP contribution in [-0.4, -0.2) is 11.9 Å². The lowest BCUT2D eigenvalue weighted by atomic mass is 10.1. The van der Waals surface area contributed by atoms with Crippen LogP contribution in [0.25, 0.3) is 0 Å². The molecule has 1 rings (SSSR count). The first-order valence-electron chi connectivity index (χ1n) is 4.87. The molecule has 1 aromatic carbocycles. The van der Waals surface area contributed by atoms with Crippen molar-refractivity contribution in [2.75, 3.05) is 5.32 Å². The van der Waals surface area contributed by atoms with Crippen molar-refractivity contribution in [3.05, 3.63) is 28.2 Å². The molecule has 0 radical (unpaired) electrons. The van der Waals surface area contributed by atoms with Crippen LogP contribution >= 0.6 is 15.9 Å². The molecule has 3 nitrogen and oxygen atoms in total. The molecule has 1 atom stereocenters. The summed E-state index contributed by atoms with van der Waals surface area (Å²) in [4.78, 5) is 11.1. The maximum Gasteiger partial charge on any atom is 0.239 e. The van der Waals surface area contributed by atoms with E-state index in [4.69, 9.17) is 5.73 Å². The summed E-state index contributed by atoms with van der Waals surface area (Å²) >= 11 is 3.47. The molecule has 0 spiro atoms. The number of carbonyl (C=O) groups excluding carboxylic acids is 1. The van der Waals surface area contributed by atoms with Crippen molar-refractivity contribution in [3.63, 3.8) is 0 Å². The summed E-state index contributed by atoms with van der Waals surface area (Å²) in [6, 6.07) is 5.54. The Bertz CT molecular complexity index is 366. The topological polar surface area (TPSA) is 55.1 Å². The number of nitrogens with two attached hydrogens (primary N) is 1. The van der Waals surface area contributed by atoms with Gasteiger partial charge in [-0.05, 0) is 40.9 Å². The normalized spacial score (nSPS) is 12.2. The van der Waals surface area contributed by atoms with Gasteiger partial charge in [-0.3, -0.25) is 4.79 Å². The molecule has 15 heavy (non-hydrogen) atoms. The van der Waals surface area contributed by atoms with Gasteiger partial charge in [-0.15, -0.1) is 0 Å². The summed E-state index contributed by atoms with van der Waals surface area (Å²) in [5, 5.41) is 3.12. The lowest BCUT2D eigenvalue weighted by Gasteiger charge is -2.16. The first-order chi connectivity index (χ1) is 7.06. The quantitative estimate of drug-likeness (QED) is 0.883. The van der Waals surface area contributed by atoms with Gasteiger partial charge in [0.1, 0.15) is 6.04 Å². The van der Waals surface area contributed by atoms with Gasteiger partial charge in [0.05, 0.1) is 0 Å². The van der Waals surface area contributed by atoms with Gasteiger partial charge in [0, 0.05) is 10.2 Å². The van der Waals surface area contributed by atoms with E-state index in [1.54, 1.807) is 0 Å². The van der Waals surface area contributed by atoms with E-state index in [1.165, 1.54) is 0 Å². The van der Waals surface area contributed by atoms with Gasteiger partial charge < -0.3 is 11.1 Å². The molecule has 0 aromatic heterocycles. The van der Waals surface area contributed by atoms with Crippen molar-refractivity contribution in [2.24, 2.45) is 5.73 Å². The van der Waals surface area contributed by atoms with E-state index in [9.17, 15) is 4.79 Å². The summed E-state index contributed by atoms with van der Waals surface area (Å²) in [6.45, 7) is 3.92. The van der Waals surface area contributed by atoms with Crippen molar-refractivity contribution in [1.82, 2.24) is 0 Å². The van der Waals surface area contributed by atoms with Gasteiger partial charge in [0.15, 0.2) is 0 Å². The molecule has 82 valence electrons. The van der Waals surface area contributed by atoms with Crippen molar-refractivity contribution >= 4 is 27.5 Å². The van der Waals surface area contributed by atoms with Crippen LogP contribution in [0.15, 0.2) is 22.7 Å². The minimum Gasteiger partial charge on any atom is -0.373 e. The van der Waals surface area contributed by atoms with Crippen LogP contribution < -0.4 is 11.1 Å². The molecule has 0 saturated carbocycles.